The first-order valence-corrected chi connectivity index (χ1v) is 4.10. The van der Waals surface area contributed by atoms with Gasteiger partial charge in [0.05, 0.1) is 6.61 Å². The maximum atomic E-state index is 10.4. The van der Waals surface area contributed by atoms with Gasteiger partial charge in [0.2, 0.25) is 0 Å². The molecule has 13 heavy (non-hydrogen) atoms. The fourth-order valence-electron chi connectivity index (χ4n) is 1.21. The molecule has 0 unspecified atom stereocenters. The van der Waals surface area contributed by atoms with Gasteiger partial charge in [-0.3, -0.25) is 0 Å². The van der Waals surface area contributed by atoms with Gasteiger partial charge in [0.25, 0.3) is 0 Å². The Labute approximate surface area is 76.4 Å². The van der Waals surface area contributed by atoms with Gasteiger partial charge in [-0.05, 0) is 13.0 Å². The average molecular weight is 178 g/mol. The highest BCUT2D eigenvalue weighted by molar-refractivity contribution is 5.65. The van der Waals surface area contributed by atoms with E-state index in [-0.39, 0.29) is 0 Å². The van der Waals surface area contributed by atoms with Crippen LogP contribution in [-0.4, -0.2) is 18.5 Å². The molecular formula is C10H10O3. The molecule has 0 amide bonds. The lowest BCUT2D eigenvalue weighted by Crippen LogP contribution is -2.02. The number of carbonyl (C=O) groups excluding carboxylic acids is 2. The standard InChI is InChI=1S/C10H10O3/c1-2-13-10-4-8(6-11)3-9(5-10)7-12/h4H,2-3,5H2,1H3. The molecule has 0 saturated carbocycles. The lowest BCUT2D eigenvalue weighted by atomic mass is 9.97. The van der Waals surface area contributed by atoms with Crippen LogP contribution in [0.2, 0.25) is 0 Å². The van der Waals surface area contributed by atoms with Crippen LogP contribution >= 0.6 is 0 Å². The quantitative estimate of drug-likeness (QED) is 0.597. The van der Waals surface area contributed by atoms with E-state index in [9.17, 15) is 9.59 Å². The highest BCUT2D eigenvalue weighted by Gasteiger charge is 2.14. The lowest BCUT2D eigenvalue weighted by molar-refractivity contribution is 0.221. The van der Waals surface area contributed by atoms with E-state index in [2.05, 4.69) is 0 Å². The Kier molecular flexibility index (Phi) is 3.27. The van der Waals surface area contributed by atoms with Crippen LogP contribution in [0.15, 0.2) is 23.0 Å². The predicted molar refractivity (Wildman–Crippen MR) is 47.4 cm³/mol. The summed E-state index contributed by atoms with van der Waals surface area (Å²) in [4.78, 5) is 20.7. The van der Waals surface area contributed by atoms with Crippen molar-refractivity contribution in [2.75, 3.05) is 6.61 Å². The molecule has 0 N–H and O–H groups in total. The Morgan fingerprint density at radius 2 is 2.15 bits per heavy atom. The minimum absolute atomic E-state index is 0.351. The summed E-state index contributed by atoms with van der Waals surface area (Å²) in [5, 5.41) is 0. The Morgan fingerprint density at radius 1 is 1.38 bits per heavy atom. The monoisotopic (exact) mass is 178 g/mol. The number of ether oxygens (including phenoxy) is 1. The van der Waals surface area contributed by atoms with E-state index in [1.54, 1.807) is 18.0 Å². The second-order valence-corrected chi connectivity index (χ2v) is 2.73. The third-order valence-electron chi connectivity index (χ3n) is 1.73. The molecule has 0 radical (unpaired) electrons. The molecule has 0 fully saturated rings. The van der Waals surface area contributed by atoms with Crippen molar-refractivity contribution >= 4 is 11.9 Å². The minimum Gasteiger partial charge on any atom is -0.498 e. The normalized spacial score (nSPS) is 15.9. The van der Waals surface area contributed by atoms with Gasteiger partial charge in [-0.2, -0.15) is 0 Å². The Bertz CT molecular complexity index is 326. The maximum Gasteiger partial charge on any atom is 0.128 e. The van der Waals surface area contributed by atoms with Crippen LogP contribution in [0.1, 0.15) is 19.8 Å². The Hall–Kier alpha value is -1.56. The molecule has 0 bridgehead atoms. The number of hydrogen-bond acceptors (Lipinski definition) is 3. The average Bonchev–Trinajstić information content (AvgIpc) is 2.17. The highest BCUT2D eigenvalue weighted by atomic mass is 16.5. The lowest BCUT2D eigenvalue weighted by Gasteiger charge is -2.13. The van der Waals surface area contributed by atoms with E-state index >= 15 is 0 Å². The molecule has 1 aliphatic carbocycles. The summed E-state index contributed by atoms with van der Waals surface area (Å²) in [5.74, 6) is 4.21. The number of allylic oxidation sites excluding steroid dienone is 3. The first kappa shape index (κ1) is 9.53. The van der Waals surface area contributed by atoms with Gasteiger partial charge in [0, 0.05) is 24.0 Å². The molecule has 0 spiro atoms. The van der Waals surface area contributed by atoms with Gasteiger partial charge in [0.1, 0.15) is 17.6 Å². The molecule has 3 heteroatoms. The van der Waals surface area contributed by atoms with Crippen LogP contribution in [0.4, 0.5) is 0 Å². The highest BCUT2D eigenvalue weighted by Crippen LogP contribution is 2.24. The van der Waals surface area contributed by atoms with Crippen LogP contribution in [0.5, 0.6) is 0 Å². The van der Waals surface area contributed by atoms with Crippen molar-refractivity contribution in [2.45, 2.75) is 19.8 Å². The SMILES string of the molecule is CCOC1=CC(=C=O)CC(=C=O)C1. The molecular weight excluding hydrogens is 168 g/mol. The van der Waals surface area contributed by atoms with Gasteiger partial charge in [0.15, 0.2) is 0 Å². The molecule has 0 aromatic carbocycles. The smallest absolute Gasteiger partial charge is 0.128 e. The van der Waals surface area contributed by atoms with Gasteiger partial charge < -0.3 is 4.74 Å². The fourth-order valence-corrected chi connectivity index (χ4v) is 1.21. The second-order valence-electron chi connectivity index (χ2n) is 2.73. The number of rotatable bonds is 2. The van der Waals surface area contributed by atoms with Crippen molar-refractivity contribution in [1.29, 1.82) is 0 Å². The van der Waals surface area contributed by atoms with Gasteiger partial charge in [-0.15, -0.1) is 0 Å². The van der Waals surface area contributed by atoms with Gasteiger partial charge in [-0.1, -0.05) is 0 Å². The third-order valence-corrected chi connectivity index (χ3v) is 1.73. The van der Waals surface area contributed by atoms with Crippen LogP contribution in [-0.2, 0) is 14.3 Å². The Morgan fingerprint density at radius 3 is 2.69 bits per heavy atom. The van der Waals surface area contributed by atoms with Gasteiger partial charge in [-0.25, -0.2) is 9.59 Å². The summed E-state index contributed by atoms with van der Waals surface area (Å²) in [6.45, 7) is 2.38. The summed E-state index contributed by atoms with van der Waals surface area (Å²) < 4.78 is 5.21. The summed E-state index contributed by atoms with van der Waals surface area (Å²) in [5.41, 5.74) is 0.998. The van der Waals surface area contributed by atoms with Crippen molar-refractivity contribution in [3.05, 3.63) is 23.0 Å². The van der Waals surface area contributed by atoms with Crippen LogP contribution in [0.25, 0.3) is 0 Å². The van der Waals surface area contributed by atoms with Crippen molar-refractivity contribution in [2.24, 2.45) is 0 Å². The molecule has 0 aliphatic heterocycles. The van der Waals surface area contributed by atoms with E-state index in [1.807, 2.05) is 6.92 Å². The summed E-state index contributed by atoms with van der Waals surface area (Å²) >= 11 is 0. The molecule has 0 saturated heterocycles. The van der Waals surface area contributed by atoms with E-state index in [4.69, 9.17) is 4.74 Å². The summed E-state index contributed by atoms with van der Waals surface area (Å²) in [7, 11) is 0. The van der Waals surface area contributed by atoms with Crippen LogP contribution < -0.4 is 0 Å². The van der Waals surface area contributed by atoms with Crippen molar-refractivity contribution < 1.29 is 14.3 Å². The largest absolute Gasteiger partial charge is 0.498 e. The predicted octanol–water partition coefficient (Wildman–Crippen LogP) is 1.22. The molecule has 0 aromatic rings. The fraction of sp³-hybridized carbons (Fsp3) is 0.400. The minimum atomic E-state index is 0.351. The zero-order valence-electron chi connectivity index (χ0n) is 7.42. The van der Waals surface area contributed by atoms with E-state index in [0.717, 1.165) is 0 Å². The first-order valence-electron chi connectivity index (χ1n) is 4.10. The Balaban J connectivity index is 2.91. The van der Waals surface area contributed by atoms with E-state index in [0.29, 0.717) is 36.4 Å². The second kappa shape index (κ2) is 4.46. The van der Waals surface area contributed by atoms with Crippen LogP contribution in [0, 0.1) is 0 Å². The molecule has 0 aromatic heterocycles. The molecule has 0 atom stereocenters. The zero-order chi connectivity index (χ0) is 9.68. The maximum absolute atomic E-state index is 10.4. The molecule has 0 heterocycles. The third kappa shape index (κ3) is 2.45. The van der Waals surface area contributed by atoms with Crippen LogP contribution in [0.3, 0.4) is 0 Å². The van der Waals surface area contributed by atoms with Crippen molar-refractivity contribution in [3.63, 3.8) is 0 Å². The zero-order valence-corrected chi connectivity index (χ0v) is 7.42. The molecule has 1 aliphatic rings. The van der Waals surface area contributed by atoms with Gasteiger partial charge >= 0.3 is 0 Å². The molecule has 68 valence electrons. The first-order chi connectivity index (χ1) is 6.30. The molecule has 1 rings (SSSR count). The summed E-state index contributed by atoms with van der Waals surface area (Å²) in [6.07, 6.45) is 2.45. The van der Waals surface area contributed by atoms with E-state index in [1.165, 1.54) is 0 Å². The summed E-state index contributed by atoms with van der Waals surface area (Å²) in [6, 6.07) is 0. The van der Waals surface area contributed by atoms with E-state index < -0.39 is 0 Å². The molecule has 3 nitrogen and oxygen atoms in total. The van der Waals surface area contributed by atoms with Crippen molar-refractivity contribution in [1.82, 2.24) is 0 Å². The van der Waals surface area contributed by atoms with Crippen molar-refractivity contribution in [3.8, 4) is 0 Å². The topological polar surface area (TPSA) is 43.4 Å². The number of hydrogen-bond donors (Lipinski definition) is 0.